The van der Waals surface area contributed by atoms with Gasteiger partial charge in [-0.15, -0.1) is 0 Å². The van der Waals surface area contributed by atoms with E-state index in [2.05, 4.69) is 20.8 Å². The van der Waals surface area contributed by atoms with Gasteiger partial charge < -0.3 is 15.1 Å². The third-order valence-electron chi connectivity index (χ3n) is 4.51. The summed E-state index contributed by atoms with van der Waals surface area (Å²) in [5, 5.41) is 12.6. The first-order valence-corrected chi connectivity index (χ1v) is 9.28. The first-order chi connectivity index (χ1) is 13.6. The maximum Gasteiger partial charge on any atom is 0.287 e. The van der Waals surface area contributed by atoms with E-state index in [0.29, 0.717) is 13.0 Å². The minimum atomic E-state index is -0.685. The summed E-state index contributed by atoms with van der Waals surface area (Å²) in [5.74, 6) is -0.441. The molecule has 0 aliphatic rings. The first kappa shape index (κ1) is 19.4. The lowest BCUT2D eigenvalue weighted by atomic mass is 10.0. The third kappa shape index (κ3) is 5.33. The molecule has 146 valence electrons. The number of rotatable bonds is 9. The number of amides is 2. The zero-order valence-electron chi connectivity index (χ0n) is 15.8. The maximum absolute atomic E-state index is 12.7. The Morgan fingerprint density at radius 1 is 1.18 bits per heavy atom. The number of furan rings is 1. The lowest BCUT2D eigenvalue weighted by Crippen LogP contribution is -2.48. The monoisotopic (exact) mass is 380 g/mol. The van der Waals surface area contributed by atoms with Crippen LogP contribution in [0, 0.1) is 6.92 Å². The number of aryl methyl sites for hydroxylation is 2. The molecule has 0 saturated heterocycles. The van der Waals surface area contributed by atoms with Crippen LogP contribution in [0.25, 0.3) is 0 Å². The highest BCUT2D eigenvalue weighted by Crippen LogP contribution is 2.07. The zero-order chi connectivity index (χ0) is 19.8. The fourth-order valence-electron chi connectivity index (χ4n) is 2.94. The number of hydrogen-bond donors (Lipinski definition) is 3. The lowest BCUT2D eigenvalue weighted by Gasteiger charge is -2.18. The summed E-state index contributed by atoms with van der Waals surface area (Å²) >= 11 is 0. The molecule has 3 rings (SSSR count). The Balaban J connectivity index is 1.57. The molecule has 0 bridgehead atoms. The van der Waals surface area contributed by atoms with Crippen molar-refractivity contribution in [1.29, 1.82) is 0 Å². The molecular weight excluding hydrogens is 356 g/mol. The second-order valence-corrected chi connectivity index (χ2v) is 6.61. The fourth-order valence-corrected chi connectivity index (χ4v) is 2.94. The number of hydrogen-bond acceptors (Lipinski definition) is 4. The van der Waals surface area contributed by atoms with E-state index in [0.717, 1.165) is 29.7 Å². The molecule has 3 aromatic rings. The third-order valence-corrected chi connectivity index (χ3v) is 4.51. The van der Waals surface area contributed by atoms with E-state index in [1.165, 1.54) is 6.26 Å². The minimum Gasteiger partial charge on any atom is -0.459 e. The first-order valence-electron chi connectivity index (χ1n) is 9.28. The van der Waals surface area contributed by atoms with E-state index < -0.39 is 11.9 Å². The Kier molecular flexibility index (Phi) is 6.62. The van der Waals surface area contributed by atoms with Gasteiger partial charge in [0, 0.05) is 18.7 Å². The van der Waals surface area contributed by atoms with Gasteiger partial charge in [-0.25, -0.2) is 0 Å². The molecule has 0 saturated carbocycles. The van der Waals surface area contributed by atoms with E-state index in [-0.39, 0.29) is 11.7 Å². The number of aromatic amines is 1. The van der Waals surface area contributed by atoms with Gasteiger partial charge in [0.25, 0.3) is 5.91 Å². The maximum atomic E-state index is 12.7. The second-order valence-electron chi connectivity index (χ2n) is 6.61. The van der Waals surface area contributed by atoms with Gasteiger partial charge in [0.15, 0.2) is 5.76 Å². The smallest absolute Gasteiger partial charge is 0.287 e. The van der Waals surface area contributed by atoms with E-state index in [1.54, 1.807) is 18.3 Å². The SMILES string of the molecule is Cc1[nH]ncc1CCCNC(=O)C(Cc1ccccc1)NC(=O)c1ccco1. The van der Waals surface area contributed by atoms with E-state index in [4.69, 9.17) is 4.42 Å². The lowest BCUT2D eigenvalue weighted by molar-refractivity contribution is -0.122. The van der Waals surface area contributed by atoms with Gasteiger partial charge in [0.2, 0.25) is 5.91 Å². The highest BCUT2D eigenvalue weighted by molar-refractivity contribution is 5.95. The van der Waals surface area contributed by atoms with Crippen molar-refractivity contribution in [1.82, 2.24) is 20.8 Å². The molecule has 2 aromatic heterocycles. The number of nitrogens with zero attached hydrogens (tertiary/aromatic N) is 1. The summed E-state index contributed by atoms with van der Waals surface area (Å²) in [4.78, 5) is 25.0. The molecule has 0 fully saturated rings. The molecule has 0 aliphatic carbocycles. The van der Waals surface area contributed by atoms with Crippen molar-refractivity contribution in [2.24, 2.45) is 0 Å². The molecule has 2 amide bonds. The Morgan fingerprint density at radius 3 is 2.68 bits per heavy atom. The van der Waals surface area contributed by atoms with Gasteiger partial charge in [0.05, 0.1) is 12.5 Å². The number of benzene rings is 1. The standard InChI is InChI=1S/C21H24N4O3/c1-15-17(14-23-25-15)9-5-11-22-20(26)18(13-16-7-3-2-4-8-16)24-21(27)19-10-6-12-28-19/h2-4,6-8,10,12,14,18H,5,9,11,13H2,1H3,(H,22,26)(H,23,25)(H,24,27). The summed E-state index contributed by atoms with van der Waals surface area (Å²) in [6.45, 7) is 2.49. The number of carbonyl (C=O) groups excluding carboxylic acids is 2. The Labute approximate surface area is 163 Å². The number of aromatic nitrogens is 2. The van der Waals surface area contributed by atoms with Crippen LogP contribution < -0.4 is 10.6 Å². The van der Waals surface area contributed by atoms with Crippen LogP contribution in [0.15, 0.2) is 59.3 Å². The second kappa shape index (κ2) is 9.55. The molecule has 0 aliphatic heterocycles. The average Bonchev–Trinajstić information content (AvgIpc) is 3.37. The van der Waals surface area contributed by atoms with Crippen LogP contribution in [-0.2, 0) is 17.6 Å². The quantitative estimate of drug-likeness (QED) is 0.496. The van der Waals surface area contributed by atoms with Gasteiger partial charge in [-0.05, 0) is 43.0 Å². The summed E-state index contributed by atoms with van der Waals surface area (Å²) < 4.78 is 5.12. The van der Waals surface area contributed by atoms with Crippen LogP contribution >= 0.6 is 0 Å². The van der Waals surface area contributed by atoms with E-state index in [1.807, 2.05) is 37.3 Å². The molecule has 3 N–H and O–H groups in total. The highest BCUT2D eigenvalue weighted by atomic mass is 16.3. The molecule has 28 heavy (non-hydrogen) atoms. The highest BCUT2D eigenvalue weighted by Gasteiger charge is 2.22. The van der Waals surface area contributed by atoms with Crippen LogP contribution in [0.1, 0.15) is 33.8 Å². The van der Waals surface area contributed by atoms with Gasteiger partial charge in [-0.2, -0.15) is 5.10 Å². The molecule has 0 spiro atoms. The van der Waals surface area contributed by atoms with Gasteiger partial charge in [0.1, 0.15) is 6.04 Å². The van der Waals surface area contributed by atoms with Crippen LogP contribution in [0.2, 0.25) is 0 Å². The molecule has 1 atom stereocenters. The molecule has 1 unspecified atom stereocenters. The normalized spacial score (nSPS) is 11.8. The van der Waals surface area contributed by atoms with E-state index in [9.17, 15) is 9.59 Å². The largest absolute Gasteiger partial charge is 0.459 e. The number of H-pyrrole nitrogens is 1. The van der Waals surface area contributed by atoms with Crippen molar-refractivity contribution < 1.29 is 14.0 Å². The van der Waals surface area contributed by atoms with E-state index >= 15 is 0 Å². The summed E-state index contributed by atoms with van der Waals surface area (Å²) in [6, 6.07) is 12.1. The topological polar surface area (TPSA) is 100 Å². The van der Waals surface area contributed by atoms with Crippen LogP contribution in [0.4, 0.5) is 0 Å². The van der Waals surface area contributed by atoms with Crippen molar-refractivity contribution in [2.75, 3.05) is 6.54 Å². The average molecular weight is 380 g/mol. The molecular formula is C21H24N4O3. The van der Waals surface area contributed by atoms with Crippen molar-refractivity contribution in [3.63, 3.8) is 0 Å². The number of nitrogens with one attached hydrogen (secondary N) is 3. The number of carbonyl (C=O) groups is 2. The molecule has 1 aromatic carbocycles. The predicted octanol–water partition coefficient (Wildman–Crippen LogP) is 2.40. The Bertz CT molecular complexity index is 888. The predicted molar refractivity (Wildman–Crippen MR) is 105 cm³/mol. The van der Waals surface area contributed by atoms with Gasteiger partial charge in [-0.1, -0.05) is 30.3 Å². The van der Waals surface area contributed by atoms with Crippen molar-refractivity contribution in [2.45, 2.75) is 32.2 Å². The fraction of sp³-hybridized carbons (Fsp3) is 0.286. The van der Waals surface area contributed by atoms with Crippen LogP contribution in [0.5, 0.6) is 0 Å². The van der Waals surface area contributed by atoms with Crippen molar-refractivity contribution in [3.8, 4) is 0 Å². The molecule has 0 radical (unpaired) electrons. The Morgan fingerprint density at radius 2 is 2.00 bits per heavy atom. The van der Waals surface area contributed by atoms with Gasteiger partial charge in [-0.3, -0.25) is 14.7 Å². The van der Waals surface area contributed by atoms with Gasteiger partial charge >= 0.3 is 0 Å². The van der Waals surface area contributed by atoms with Crippen LogP contribution in [-0.4, -0.2) is 34.6 Å². The molecule has 7 nitrogen and oxygen atoms in total. The molecule has 7 heteroatoms. The summed E-state index contributed by atoms with van der Waals surface area (Å²) in [7, 11) is 0. The minimum absolute atomic E-state index is 0.182. The summed E-state index contributed by atoms with van der Waals surface area (Å²) in [5.41, 5.74) is 3.15. The zero-order valence-corrected chi connectivity index (χ0v) is 15.8. The van der Waals surface area contributed by atoms with Crippen molar-refractivity contribution in [3.05, 3.63) is 77.5 Å². The summed E-state index contributed by atoms with van der Waals surface area (Å²) in [6.07, 6.45) is 5.25. The van der Waals surface area contributed by atoms with Crippen LogP contribution in [0.3, 0.4) is 0 Å². The molecule has 2 heterocycles. The Hall–Kier alpha value is -3.35. The van der Waals surface area contributed by atoms with Crippen molar-refractivity contribution >= 4 is 11.8 Å².